The minimum absolute atomic E-state index is 0.0397. The van der Waals surface area contributed by atoms with E-state index in [2.05, 4.69) is 29.6 Å². The Morgan fingerprint density at radius 1 is 1.13 bits per heavy atom. The van der Waals surface area contributed by atoms with Gasteiger partial charge in [-0.25, -0.2) is 4.79 Å². The minimum atomic E-state index is -4.53. The van der Waals surface area contributed by atoms with Gasteiger partial charge in [-0.1, -0.05) is 20.3 Å². The molecule has 4 aliphatic rings. The number of hydrazine groups is 1. The van der Waals surface area contributed by atoms with Crippen LogP contribution >= 0.6 is 0 Å². The smallest absolute Gasteiger partial charge is 0.380 e. The summed E-state index contributed by atoms with van der Waals surface area (Å²) < 4.78 is 51.4. The fraction of sp³-hybridized carbons (Fsp3) is 0.759. The normalized spacial score (nSPS) is 32.0. The van der Waals surface area contributed by atoms with Gasteiger partial charge in [0.15, 0.2) is 0 Å². The van der Waals surface area contributed by atoms with Crippen LogP contribution in [0.4, 0.5) is 13.2 Å². The molecule has 3 saturated heterocycles. The Morgan fingerprint density at radius 3 is 2.62 bits per heavy atom. The molecule has 7 nitrogen and oxygen atoms in total. The van der Waals surface area contributed by atoms with Crippen molar-refractivity contribution in [1.29, 1.82) is 0 Å². The van der Waals surface area contributed by atoms with E-state index in [1.54, 1.807) is 10.8 Å². The lowest BCUT2D eigenvalue weighted by molar-refractivity contribution is -0.164. The number of alkyl halides is 3. The molecule has 0 radical (unpaired) electrons. The zero-order valence-corrected chi connectivity index (χ0v) is 23.1. The van der Waals surface area contributed by atoms with Gasteiger partial charge in [0, 0.05) is 49.5 Å². The van der Waals surface area contributed by atoms with E-state index < -0.39 is 11.7 Å². The van der Waals surface area contributed by atoms with Crippen molar-refractivity contribution < 1.29 is 17.9 Å². The second kappa shape index (κ2) is 10.5. The summed E-state index contributed by atoms with van der Waals surface area (Å²) >= 11 is 0. The van der Waals surface area contributed by atoms with Crippen molar-refractivity contribution in [2.75, 3.05) is 32.8 Å². The first-order valence-corrected chi connectivity index (χ1v) is 14.7. The summed E-state index contributed by atoms with van der Waals surface area (Å²) in [4.78, 5) is 15.9. The van der Waals surface area contributed by atoms with Crippen LogP contribution in [0, 0.1) is 23.2 Å². The Labute approximate surface area is 228 Å². The molecular weight excluding hydrogens is 507 g/mol. The van der Waals surface area contributed by atoms with E-state index in [0.717, 1.165) is 77.8 Å². The van der Waals surface area contributed by atoms with Gasteiger partial charge in [-0.2, -0.15) is 13.2 Å². The van der Waals surface area contributed by atoms with Gasteiger partial charge in [0.25, 0.3) is 0 Å². The molecular formula is C29H42F3N5O2. The molecule has 2 aromatic heterocycles. The van der Waals surface area contributed by atoms with Gasteiger partial charge < -0.3 is 4.74 Å². The van der Waals surface area contributed by atoms with Crippen molar-refractivity contribution in [3.05, 3.63) is 40.1 Å². The zero-order valence-electron chi connectivity index (χ0n) is 23.1. The lowest BCUT2D eigenvalue weighted by atomic mass is 9.63. The number of pyridine rings is 1. The molecule has 0 spiro atoms. The summed E-state index contributed by atoms with van der Waals surface area (Å²) in [5, 5.41) is 0. The van der Waals surface area contributed by atoms with Gasteiger partial charge in [0.05, 0.1) is 24.3 Å². The third kappa shape index (κ3) is 5.29. The molecule has 0 bridgehead atoms. The van der Waals surface area contributed by atoms with Crippen molar-refractivity contribution in [3.8, 4) is 0 Å². The van der Waals surface area contributed by atoms with Crippen LogP contribution in [0.3, 0.4) is 0 Å². The first-order chi connectivity index (χ1) is 18.6. The molecule has 39 heavy (non-hydrogen) atoms. The number of halogens is 3. The number of aromatic nitrogens is 2. The average Bonchev–Trinajstić information content (AvgIpc) is 3.43. The van der Waals surface area contributed by atoms with Crippen LogP contribution in [0.2, 0.25) is 0 Å². The number of likely N-dealkylation sites (tertiary alicyclic amines) is 1. The number of rotatable bonds is 6. The number of fused-ring (bicyclic) bond motifs is 1. The number of imidazole rings is 1. The molecule has 5 atom stereocenters. The SMILES string of the molecule is CC1CNNC1CC1(C2CCCC(n3cc4c(C(F)(F)F)cc(CN5CCC[C@H](C)C5)cn4c3=O)C2)COC1. The number of nitrogens with one attached hydrogen (secondary N) is 2. The number of nitrogens with zero attached hydrogens (tertiary/aromatic N) is 3. The van der Waals surface area contributed by atoms with Crippen molar-refractivity contribution in [2.45, 2.75) is 83.6 Å². The second-order valence-corrected chi connectivity index (χ2v) is 13.0. The largest absolute Gasteiger partial charge is 0.418 e. The number of hydrogen-bond donors (Lipinski definition) is 2. The molecule has 2 N–H and O–H groups in total. The van der Waals surface area contributed by atoms with Crippen LogP contribution in [-0.2, 0) is 17.5 Å². The lowest BCUT2D eigenvalue weighted by Gasteiger charge is -2.51. The quantitative estimate of drug-likeness (QED) is 0.552. The standard InChI is InChI=1S/C29H42F3N5O2/c1-19-5-4-8-35(13-19)14-21-9-24(29(30,31)32)26-16-36(27(38)37(26)15-21)23-7-3-6-22(10-23)28(17-39-18-28)11-25-20(2)12-33-34-25/h9,15-16,19-20,22-23,25,33-34H,3-8,10-14,17-18H2,1-2H3/t19-,20?,22?,23?,25?/m0/s1. The molecule has 2 aromatic rings. The first-order valence-electron chi connectivity index (χ1n) is 14.7. The Hall–Kier alpha value is -1.88. The predicted molar refractivity (Wildman–Crippen MR) is 143 cm³/mol. The van der Waals surface area contributed by atoms with Crippen LogP contribution < -0.4 is 16.5 Å². The van der Waals surface area contributed by atoms with Gasteiger partial charge in [0.1, 0.15) is 0 Å². The predicted octanol–water partition coefficient (Wildman–Crippen LogP) is 4.60. The third-order valence-electron chi connectivity index (χ3n) is 10.0. The highest BCUT2D eigenvalue weighted by Crippen LogP contribution is 2.50. The van der Waals surface area contributed by atoms with E-state index in [1.165, 1.54) is 16.7 Å². The summed E-state index contributed by atoms with van der Waals surface area (Å²) in [6.45, 7) is 8.99. The zero-order chi connectivity index (χ0) is 27.4. The maximum atomic E-state index is 14.3. The maximum Gasteiger partial charge on any atom is 0.418 e. The van der Waals surface area contributed by atoms with Crippen molar-refractivity contribution in [1.82, 2.24) is 24.7 Å². The fourth-order valence-electron chi connectivity index (χ4n) is 7.71. The highest BCUT2D eigenvalue weighted by atomic mass is 19.4. The van der Waals surface area contributed by atoms with Gasteiger partial charge in [-0.3, -0.25) is 24.7 Å². The third-order valence-corrected chi connectivity index (χ3v) is 10.0. The lowest BCUT2D eigenvalue weighted by Crippen LogP contribution is -2.53. The van der Waals surface area contributed by atoms with E-state index in [4.69, 9.17) is 4.74 Å². The molecule has 1 saturated carbocycles. The van der Waals surface area contributed by atoms with Crippen LogP contribution in [0.5, 0.6) is 0 Å². The fourth-order valence-corrected chi connectivity index (χ4v) is 7.71. The highest BCUT2D eigenvalue weighted by Gasteiger charge is 2.49. The average molecular weight is 550 g/mol. The van der Waals surface area contributed by atoms with Gasteiger partial charge >= 0.3 is 11.9 Å². The van der Waals surface area contributed by atoms with Gasteiger partial charge in [-0.15, -0.1) is 0 Å². The molecule has 10 heteroatoms. The number of hydrogen-bond acceptors (Lipinski definition) is 5. The van der Waals surface area contributed by atoms with E-state index in [-0.39, 0.29) is 22.7 Å². The van der Waals surface area contributed by atoms with Gasteiger partial charge in [0.2, 0.25) is 0 Å². The molecule has 216 valence electrons. The highest BCUT2D eigenvalue weighted by molar-refractivity contribution is 5.56. The Balaban J connectivity index is 1.29. The topological polar surface area (TPSA) is 62.9 Å². The van der Waals surface area contributed by atoms with Crippen LogP contribution in [0.1, 0.15) is 76.0 Å². The number of piperidine rings is 1. The van der Waals surface area contributed by atoms with E-state index in [1.807, 2.05) is 0 Å². The summed E-state index contributed by atoms with van der Waals surface area (Å²) in [5.41, 5.74) is 6.19. The minimum Gasteiger partial charge on any atom is -0.380 e. The van der Waals surface area contributed by atoms with Crippen LogP contribution in [0.15, 0.2) is 23.3 Å². The van der Waals surface area contributed by atoms with Crippen LogP contribution in [0.25, 0.3) is 5.52 Å². The monoisotopic (exact) mass is 549 g/mol. The summed E-state index contributed by atoms with van der Waals surface area (Å²) in [6.07, 6.45) is 5.44. The van der Waals surface area contributed by atoms with E-state index >= 15 is 0 Å². The Bertz CT molecular complexity index is 1240. The molecule has 3 aliphatic heterocycles. The Morgan fingerprint density at radius 2 is 1.95 bits per heavy atom. The molecule has 6 rings (SSSR count). The molecule has 4 fully saturated rings. The second-order valence-electron chi connectivity index (χ2n) is 13.0. The Kier molecular flexibility index (Phi) is 7.35. The van der Waals surface area contributed by atoms with Crippen LogP contribution in [-0.4, -0.2) is 52.8 Å². The molecule has 1 aliphatic carbocycles. The summed E-state index contributed by atoms with van der Waals surface area (Å²) in [5.74, 6) is 1.44. The van der Waals surface area contributed by atoms with E-state index in [0.29, 0.717) is 35.9 Å². The molecule has 0 aromatic carbocycles. The number of ether oxygens (including phenoxy) is 1. The maximum absolute atomic E-state index is 14.3. The summed E-state index contributed by atoms with van der Waals surface area (Å²) in [7, 11) is 0. The van der Waals surface area contributed by atoms with Gasteiger partial charge in [-0.05, 0) is 74.5 Å². The van der Waals surface area contributed by atoms with Crippen molar-refractivity contribution >= 4 is 5.52 Å². The van der Waals surface area contributed by atoms with Crippen molar-refractivity contribution in [2.24, 2.45) is 23.2 Å². The van der Waals surface area contributed by atoms with Crippen molar-refractivity contribution in [3.63, 3.8) is 0 Å². The first kappa shape index (κ1) is 27.3. The molecule has 4 unspecified atom stereocenters. The summed E-state index contributed by atoms with van der Waals surface area (Å²) in [6, 6.07) is 1.53. The molecule has 5 heterocycles. The molecule has 0 amide bonds. The van der Waals surface area contributed by atoms with E-state index in [9.17, 15) is 18.0 Å².